The summed E-state index contributed by atoms with van der Waals surface area (Å²) in [5.41, 5.74) is 0.663. The number of likely N-dealkylation sites (tertiary alicyclic amines) is 1. The Morgan fingerprint density at radius 2 is 1.60 bits per heavy atom. The van der Waals surface area contributed by atoms with Gasteiger partial charge in [-0.3, -0.25) is 9.59 Å². The third kappa shape index (κ3) is 11.5. The normalized spacial score (nSPS) is 39.2. The van der Waals surface area contributed by atoms with Crippen LogP contribution in [-0.4, -0.2) is 210 Å². The van der Waals surface area contributed by atoms with Crippen molar-refractivity contribution < 1.29 is 88.0 Å². The number of aliphatic hydroxyl groups excluding tert-OH is 8. The zero-order valence-electron chi connectivity index (χ0n) is 38.6. The first kappa shape index (κ1) is 52.5. The van der Waals surface area contributed by atoms with E-state index in [1.165, 1.54) is 42.9 Å². The van der Waals surface area contributed by atoms with Crippen LogP contribution >= 0.6 is 0 Å². The van der Waals surface area contributed by atoms with Gasteiger partial charge < -0.3 is 84.2 Å². The largest absolute Gasteiger partial charge is 0.394 e. The summed E-state index contributed by atoms with van der Waals surface area (Å²) in [4.78, 5) is 28.1. The molecule has 4 aliphatic heterocycles. The average Bonchev–Trinajstić information content (AvgIpc) is 3.78. The Bertz CT molecular complexity index is 1950. The van der Waals surface area contributed by atoms with Gasteiger partial charge in [-0.05, 0) is 56.6 Å². The van der Waals surface area contributed by atoms with E-state index in [1.54, 1.807) is 11.0 Å². The van der Waals surface area contributed by atoms with Crippen LogP contribution in [0.15, 0.2) is 30.5 Å². The molecular formula is C45H68FN5O17. The number of hydrogen-bond donors (Lipinski definition) is 9. The van der Waals surface area contributed by atoms with E-state index in [-0.39, 0.29) is 24.6 Å². The SMILES string of the molecule is CCC[C@H](OC1C(NC(C)=O)[C@H](O[C@@H]2CC(CO[C@H]3OC(CO)[C@@H](O)C(n4cc(-c5cccc(F)c5)nn4)C3O)CC(CC)C2O[C@@H]2OC(C)[C@@H](O)C(O)C2O)OC(CO)[C@@H]1O)C(=O)N1CCC1. The molecule has 5 fully saturated rings. The van der Waals surface area contributed by atoms with Gasteiger partial charge in [-0.2, -0.15) is 0 Å². The number of ether oxygens (including phenoxy) is 7. The first-order valence-electron chi connectivity index (χ1n) is 23.6. The summed E-state index contributed by atoms with van der Waals surface area (Å²) in [5.74, 6) is -2.13. The first-order chi connectivity index (χ1) is 32.6. The van der Waals surface area contributed by atoms with Crippen LogP contribution in [0.1, 0.15) is 72.3 Å². The van der Waals surface area contributed by atoms with Gasteiger partial charge in [0.25, 0.3) is 5.91 Å². The molecule has 12 unspecified atom stereocenters. The zero-order valence-corrected chi connectivity index (χ0v) is 38.6. The Balaban J connectivity index is 1.15. The predicted molar refractivity (Wildman–Crippen MR) is 231 cm³/mol. The lowest BCUT2D eigenvalue weighted by molar-refractivity contribution is -0.340. The number of nitrogens with zero attached hydrogens (tertiary/aromatic N) is 4. The lowest BCUT2D eigenvalue weighted by Gasteiger charge is -2.49. The predicted octanol–water partition coefficient (Wildman–Crippen LogP) is -1.52. The van der Waals surface area contributed by atoms with Crippen molar-refractivity contribution in [3.63, 3.8) is 0 Å². The van der Waals surface area contributed by atoms with Crippen LogP contribution in [0.25, 0.3) is 11.3 Å². The van der Waals surface area contributed by atoms with Gasteiger partial charge in [0.15, 0.2) is 18.9 Å². The molecule has 0 radical (unpaired) electrons. The molecule has 20 atom stereocenters. The number of amides is 2. The van der Waals surface area contributed by atoms with E-state index in [9.17, 15) is 54.8 Å². The summed E-state index contributed by atoms with van der Waals surface area (Å²) < 4.78 is 59.2. The molecule has 1 saturated carbocycles. The van der Waals surface area contributed by atoms with Crippen LogP contribution in [0.3, 0.4) is 0 Å². The lowest BCUT2D eigenvalue weighted by Crippen LogP contribution is -2.67. The molecule has 23 heteroatoms. The topological polar surface area (TPSA) is 307 Å². The van der Waals surface area contributed by atoms with Gasteiger partial charge in [-0.15, -0.1) is 5.10 Å². The number of hydrogen-bond acceptors (Lipinski definition) is 19. The quantitative estimate of drug-likeness (QED) is 0.0820. The van der Waals surface area contributed by atoms with E-state index in [4.69, 9.17) is 33.2 Å². The minimum atomic E-state index is -1.67. The van der Waals surface area contributed by atoms with Gasteiger partial charge >= 0.3 is 0 Å². The molecule has 4 saturated heterocycles. The van der Waals surface area contributed by atoms with Crippen LogP contribution in [0, 0.1) is 17.7 Å². The molecular weight excluding hydrogens is 902 g/mol. The number of aliphatic hydroxyl groups is 8. The minimum absolute atomic E-state index is 0.0934. The number of benzene rings is 1. The Morgan fingerprint density at radius 3 is 2.25 bits per heavy atom. The fourth-order valence-corrected chi connectivity index (χ4v) is 9.87. The Morgan fingerprint density at radius 1 is 0.882 bits per heavy atom. The van der Waals surface area contributed by atoms with Gasteiger partial charge in [-0.25, -0.2) is 9.07 Å². The Hall–Kier alpha value is -3.37. The Labute approximate surface area is 393 Å². The summed E-state index contributed by atoms with van der Waals surface area (Å²) in [6.07, 6.45) is -17.2. The van der Waals surface area contributed by atoms with Crippen molar-refractivity contribution in [1.29, 1.82) is 0 Å². The molecule has 1 aromatic heterocycles. The van der Waals surface area contributed by atoms with E-state index in [0.29, 0.717) is 44.3 Å². The maximum absolute atomic E-state index is 14.0. The standard InChI is InChI=1S/C45H68FN5O17/c1-5-9-28(42(61)50-12-8-13-50)64-41-32(47-22(4)54)43(66-31(19-53)36(41)57)65-29-15-23(14-24(6-2)40(29)68-45-39(60)38(59)34(55)21(3)63-45)20-62-44-37(58)33(35(56)30(18-52)67-44)51-17-27(48-49-51)25-10-7-11-26(46)16-25/h7,10-11,16-17,21,23-24,28-41,43-45,52-53,55-60H,5-6,8-9,12-15,18-20H2,1-4H3,(H,47,54)/t21?,23?,24?,28-,29+,30?,31?,32?,33?,34+,35+,36-,37?,38?,39?,40?,41?,43+,44-,45-/m0/s1. The van der Waals surface area contributed by atoms with E-state index >= 15 is 0 Å². The molecule has 7 rings (SSSR count). The minimum Gasteiger partial charge on any atom is -0.394 e. The molecule has 5 aliphatic rings. The van der Waals surface area contributed by atoms with E-state index < -0.39 is 147 Å². The summed E-state index contributed by atoms with van der Waals surface area (Å²) in [6, 6.07) is 3.19. The van der Waals surface area contributed by atoms with Crippen molar-refractivity contribution >= 4 is 11.8 Å². The summed E-state index contributed by atoms with van der Waals surface area (Å²) in [7, 11) is 0. The lowest BCUT2D eigenvalue weighted by atomic mass is 9.76. The monoisotopic (exact) mass is 969 g/mol. The second kappa shape index (κ2) is 23.2. The molecule has 382 valence electrons. The maximum Gasteiger partial charge on any atom is 0.251 e. The number of nitrogens with one attached hydrogen (secondary N) is 1. The summed E-state index contributed by atoms with van der Waals surface area (Å²) in [5, 5.41) is 98.5. The molecule has 9 N–H and O–H groups in total. The van der Waals surface area contributed by atoms with Crippen LogP contribution in [0.4, 0.5) is 4.39 Å². The van der Waals surface area contributed by atoms with Crippen molar-refractivity contribution in [2.45, 2.75) is 177 Å². The highest BCUT2D eigenvalue weighted by Gasteiger charge is 2.53. The van der Waals surface area contributed by atoms with Gasteiger partial charge in [0.05, 0.1) is 44.3 Å². The zero-order chi connectivity index (χ0) is 49.0. The molecule has 22 nitrogen and oxygen atoms in total. The van der Waals surface area contributed by atoms with E-state index in [2.05, 4.69) is 15.6 Å². The van der Waals surface area contributed by atoms with Crippen molar-refractivity contribution in [3.05, 3.63) is 36.3 Å². The van der Waals surface area contributed by atoms with Crippen molar-refractivity contribution in [2.75, 3.05) is 32.9 Å². The van der Waals surface area contributed by atoms with Gasteiger partial charge in [-0.1, -0.05) is 44.0 Å². The van der Waals surface area contributed by atoms with Crippen molar-refractivity contribution in [2.24, 2.45) is 11.8 Å². The number of aromatic nitrogens is 3. The molecule has 68 heavy (non-hydrogen) atoms. The molecule has 2 aromatic rings. The number of halogens is 1. The fourth-order valence-electron chi connectivity index (χ4n) is 9.87. The number of rotatable bonds is 18. The smallest absolute Gasteiger partial charge is 0.251 e. The van der Waals surface area contributed by atoms with Crippen LogP contribution in [-0.2, 0) is 42.7 Å². The first-order valence-corrected chi connectivity index (χ1v) is 23.6. The average molecular weight is 970 g/mol. The molecule has 5 heterocycles. The van der Waals surface area contributed by atoms with Gasteiger partial charge in [0.2, 0.25) is 5.91 Å². The second-order valence-corrected chi connectivity index (χ2v) is 18.6. The summed E-state index contributed by atoms with van der Waals surface area (Å²) in [6.45, 7) is 6.21. The second-order valence-electron chi connectivity index (χ2n) is 18.6. The molecule has 2 amide bonds. The van der Waals surface area contributed by atoms with E-state index in [0.717, 1.165) is 6.42 Å². The third-order valence-corrected chi connectivity index (χ3v) is 13.8. The molecule has 1 aliphatic carbocycles. The van der Waals surface area contributed by atoms with Gasteiger partial charge in [0.1, 0.15) is 84.6 Å². The van der Waals surface area contributed by atoms with Gasteiger partial charge in [0, 0.05) is 25.6 Å². The van der Waals surface area contributed by atoms with Crippen LogP contribution in [0.2, 0.25) is 0 Å². The third-order valence-electron chi connectivity index (χ3n) is 13.8. The number of carbonyl (C=O) groups is 2. The van der Waals surface area contributed by atoms with E-state index in [1.807, 2.05) is 13.8 Å². The summed E-state index contributed by atoms with van der Waals surface area (Å²) >= 11 is 0. The highest BCUT2D eigenvalue weighted by atomic mass is 19.1. The van der Waals surface area contributed by atoms with Crippen LogP contribution in [0.5, 0.6) is 0 Å². The molecule has 0 spiro atoms. The fraction of sp³-hybridized carbons (Fsp3) is 0.778. The Kier molecular flexibility index (Phi) is 17.9. The number of carbonyl (C=O) groups excluding carboxylic acids is 2. The van der Waals surface area contributed by atoms with Crippen molar-refractivity contribution in [3.8, 4) is 11.3 Å². The van der Waals surface area contributed by atoms with Crippen LogP contribution < -0.4 is 5.32 Å². The van der Waals surface area contributed by atoms with Crippen molar-refractivity contribution in [1.82, 2.24) is 25.2 Å². The molecule has 1 aromatic carbocycles. The highest BCUT2D eigenvalue weighted by Crippen LogP contribution is 2.41. The molecule has 0 bridgehead atoms. The highest BCUT2D eigenvalue weighted by molar-refractivity contribution is 5.81. The maximum atomic E-state index is 14.0.